The van der Waals surface area contributed by atoms with Crippen LogP contribution >= 0.6 is 0 Å². The van der Waals surface area contributed by atoms with Crippen LogP contribution in [-0.4, -0.2) is 47.6 Å². The molecule has 1 aromatic heterocycles. The normalized spacial score (nSPS) is 18.4. The van der Waals surface area contributed by atoms with Crippen LogP contribution in [0.2, 0.25) is 0 Å². The molecule has 4 rings (SSSR count). The molecular weight excluding hydrogens is 423 g/mol. The van der Waals surface area contributed by atoms with Gasteiger partial charge in [-0.1, -0.05) is 20.8 Å². The van der Waals surface area contributed by atoms with Gasteiger partial charge in [0.1, 0.15) is 29.1 Å². The summed E-state index contributed by atoms with van der Waals surface area (Å²) in [5.74, 6) is -1.10. The van der Waals surface area contributed by atoms with E-state index in [-0.39, 0.29) is 30.3 Å². The van der Waals surface area contributed by atoms with Crippen LogP contribution in [0.1, 0.15) is 50.7 Å². The number of carbonyl (C=O) groups excluding carboxylic acids is 3. The lowest BCUT2D eigenvalue weighted by atomic mass is 9.63. The van der Waals surface area contributed by atoms with Gasteiger partial charge < -0.3 is 9.64 Å². The minimum atomic E-state index is -0.881. The molecule has 0 unspecified atom stereocenters. The molecule has 1 aromatic carbocycles. The molecule has 33 heavy (non-hydrogen) atoms. The number of methoxy groups -OCH3 is 1. The standard InChI is InChI=1S/C26H29FN2O4/c1-15-8-16(18-7-6-17(27)12-28-18)9-21(33-5)22(15)23-19(30)10-26(11-20(23)31)13-29(14-26)24(32)25(2,3)4/h6-9,12,23H,10-11,13-14H2,1-5H3. The third-order valence-corrected chi connectivity index (χ3v) is 6.60. The van der Waals surface area contributed by atoms with E-state index in [4.69, 9.17) is 4.74 Å². The van der Waals surface area contributed by atoms with Crippen LogP contribution < -0.4 is 4.74 Å². The highest BCUT2D eigenvalue weighted by Crippen LogP contribution is 2.48. The zero-order valence-electron chi connectivity index (χ0n) is 19.7. The molecule has 1 spiro atoms. The summed E-state index contributed by atoms with van der Waals surface area (Å²) in [6.07, 6.45) is 1.67. The van der Waals surface area contributed by atoms with Gasteiger partial charge in [0, 0.05) is 47.9 Å². The van der Waals surface area contributed by atoms with Crippen LogP contribution in [0.3, 0.4) is 0 Å². The first-order chi connectivity index (χ1) is 15.4. The molecule has 2 aliphatic rings. The predicted octanol–water partition coefficient (Wildman–Crippen LogP) is 4.10. The molecule has 174 valence electrons. The lowest BCUT2D eigenvalue weighted by Crippen LogP contribution is -2.63. The Labute approximate surface area is 193 Å². The van der Waals surface area contributed by atoms with Crippen molar-refractivity contribution in [3.05, 3.63) is 47.4 Å². The van der Waals surface area contributed by atoms with Crippen molar-refractivity contribution in [2.45, 2.75) is 46.5 Å². The van der Waals surface area contributed by atoms with Crippen LogP contribution in [0.5, 0.6) is 5.75 Å². The summed E-state index contributed by atoms with van der Waals surface area (Å²) in [5.41, 5.74) is 1.67. The highest BCUT2D eigenvalue weighted by molar-refractivity contribution is 6.11. The maximum Gasteiger partial charge on any atom is 0.227 e. The van der Waals surface area contributed by atoms with Gasteiger partial charge in [0.2, 0.25) is 5.91 Å². The van der Waals surface area contributed by atoms with Gasteiger partial charge in [-0.15, -0.1) is 0 Å². The maximum atomic E-state index is 13.3. The number of ketones is 2. The molecule has 1 aliphatic carbocycles. The van der Waals surface area contributed by atoms with Gasteiger partial charge in [0.05, 0.1) is 19.0 Å². The van der Waals surface area contributed by atoms with Crippen LogP contribution in [-0.2, 0) is 14.4 Å². The number of rotatable bonds is 3. The number of Topliss-reactive ketones (excluding diaryl/α,β-unsaturated/α-hetero) is 2. The first-order valence-electron chi connectivity index (χ1n) is 11.1. The summed E-state index contributed by atoms with van der Waals surface area (Å²) in [4.78, 5) is 44.9. The Bertz CT molecular complexity index is 1110. The summed E-state index contributed by atoms with van der Waals surface area (Å²) in [5, 5.41) is 0. The Hall–Kier alpha value is -3.09. The first kappa shape index (κ1) is 23.1. The van der Waals surface area contributed by atoms with E-state index in [1.807, 2.05) is 33.8 Å². The van der Waals surface area contributed by atoms with Crippen molar-refractivity contribution in [2.24, 2.45) is 10.8 Å². The Kier molecular flexibility index (Phi) is 5.63. The van der Waals surface area contributed by atoms with Crippen molar-refractivity contribution < 1.29 is 23.5 Å². The average molecular weight is 453 g/mol. The number of hydrogen-bond acceptors (Lipinski definition) is 5. The molecule has 0 atom stereocenters. The third kappa shape index (κ3) is 4.16. The van der Waals surface area contributed by atoms with Crippen molar-refractivity contribution in [1.82, 2.24) is 9.88 Å². The molecule has 1 saturated carbocycles. The fourth-order valence-electron chi connectivity index (χ4n) is 5.11. The molecule has 6 nitrogen and oxygen atoms in total. The highest BCUT2D eigenvalue weighted by atomic mass is 19.1. The van der Waals surface area contributed by atoms with E-state index in [1.54, 1.807) is 17.0 Å². The number of aromatic nitrogens is 1. The maximum absolute atomic E-state index is 13.3. The molecule has 2 fully saturated rings. The third-order valence-electron chi connectivity index (χ3n) is 6.60. The van der Waals surface area contributed by atoms with Crippen LogP contribution in [0.15, 0.2) is 30.5 Å². The van der Waals surface area contributed by atoms with E-state index in [9.17, 15) is 18.8 Å². The van der Waals surface area contributed by atoms with E-state index in [2.05, 4.69) is 4.98 Å². The molecule has 1 saturated heterocycles. The highest BCUT2D eigenvalue weighted by Gasteiger charge is 2.54. The summed E-state index contributed by atoms with van der Waals surface area (Å²) < 4.78 is 18.8. The van der Waals surface area contributed by atoms with Gasteiger partial charge >= 0.3 is 0 Å². The van der Waals surface area contributed by atoms with Crippen molar-refractivity contribution in [2.75, 3.05) is 20.2 Å². The van der Waals surface area contributed by atoms with Gasteiger partial charge in [-0.2, -0.15) is 0 Å². The number of halogens is 1. The van der Waals surface area contributed by atoms with E-state index < -0.39 is 22.6 Å². The number of likely N-dealkylation sites (tertiary alicyclic amines) is 1. The monoisotopic (exact) mass is 452 g/mol. The number of pyridine rings is 1. The second-order valence-electron chi connectivity index (χ2n) is 10.4. The number of benzene rings is 1. The second kappa shape index (κ2) is 8.04. The topological polar surface area (TPSA) is 76.6 Å². The molecule has 0 radical (unpaired) electrons. The van der Waals surface area contributed by atoms with Gasteiger partial charge in [-0.3, -0.25) is 19.4 Å². The second-order valence-corrected chi connectivity index (χ2v) is 10.4. The fourth-order valence-corrected chi connectivity index (χ4v) is 5.11. The fraction of sp³-hybridized carbons (Fsp3) is 0.462. The van der Waals surface area contributed by atoms with Crippen LogP contribution in [0.4, 0.5) is 4.39 Å². The van der Waals surface area contributed by atoms with Crippen LogP contribution in [0.25, 0.3) is 11.3 Å². The van der Waals surface area contributed by atoms with Crippen molar-refractivity contribution in [1.29, 1.82) is 0 Å². The summed E-state index contributed by atoms with van der Waals surface area (Å²) in [6.45, 7) is 8.33. The molecule has 2 heterocycles. The predicted molar refractivity (Wildman–Crippen MR) is 121 cm³/mol. The Balaban J connectivity index is 1.59. The molecule has 1 amide bonds. The average Bonchev–Trinajstić information content (AvgIpc) is 2.71. The molecule has 0 bridgehead atoms. The summed E-state index contributed by atoms with van der Waals surface area (Å²) in [6, 6.07) is 6.49. The quantitative estimate of drug-likeness (QED) is 0.656. The molecule has 1 aliphatic heterocycles. The van der Waals surface area contributed by atoms with Crippen molar-refractivity contribution in [3.63, 3.8) is 0 Å². The van der Waals surface area contributed by atoms with Crippen molar-refractivity contribution in [3.8, 4) is 17.0 Å². The molecule has 7 heteroatoms. The lowest BCUT2D eigenvalue weighted by Gasteiger charge is -2.53. The first-order valence-corrected chi connectivity index (χ1v) is 11.1. The number of hydrogen-bond donors (Lipinski definition) is 0. The van der Waals surface area contributed by atoms with Gasteiger partial charge in [-0.25, -0.2) is 4.39 Å². The Morgan fingerprint density at radius 3 is 2.30 bits per heavy atom. The summed E-state index contributed by atoms with van der Waals surface area (Å²) >= 11 is 0. The van der Waals surface area contributed by atoms with E-state index in [1.165, 1.54) is 13.2 Å². The SMILES string of the molecule is COc1cc(-c2ccc(F)cn2)cc(C)c1C1C(=O)CC2(CC1=O)CN(C(=O)C(C)(C)C)C2. The zero-order valence-corrected chi connectivity index (χ0v) is 19.7. The van der Waals surface area contributed by atoms with E-state index in [0.717, 1.165) is 17.3 Å². The minimum absolute atomic E-state index is 0.0395. The Morgan fingerprint density at radius 2 is 1.79 bits per heavy atom. The van der Waals surface area contributed by atoms with Gasteiger partial charge in [0.15, 0.2) is 0 Å². The van der Waals surface area contributed by atoms with Gasteiger partial charge in [-0.05, 0) is 36.8 Å². The molecule has 0 N–H and O–H groups in total. The number of amides is 1. The molecule has 2 aromatic rings. The number of ether oxygens (including phenoxy) is 1. The number of aryl methyl sites for hydroxylation is 1. The number of nitrogens with zero attached hydrogens (tertiary/aromatic N) is 2. The van der Waals surface area contributed by atoms with E-state index >= 15 is 0 Å². The van der Waals surface area contributed by atoms with Gasteiger partial charge in [0.25, 0.3) is 0 Å². The summed E-state index contributed by atoms with van der Waals surface area (Å²) in [7, 11) is 1.50. The van der Waals surface area contributed by atoms with E-state index in [0.29, 0.717) is 30.1 Å². The van der Waals surface area contributed by atoms with Crippen molar-refractivity contribution >= 4 is 17.5 Å². The minimum Gasteiger partial charge on any atom is -0.496 e. The zero-order chi connectivity index (χ0) is 24.1. The lowest BCUT2D eigenvalue weighted by molar-refractivity contribution is -0.160. The molecular formula is C26H29FN2O4. The van der Waals surface area contributed by atoms with Crippen LogP contribution in [0, 0.1) is 23.6 Å². The number of carbonyl (C=O) groups is 3. The Morgan fingerprint density at radius 1 is 1.15 bits per heavy atom. The largest absolute Gasteiger partial charge is 0.496 e. The smallest absolute Gasteiger partial charge is 0.227 e.